The van der Waals surface area contributed by atoms with Gasteiger partial charge < -0.3 is 5.32 Å². The zero-order chi connectivity index (χ0) is 12.3. The largest absolute Gasteiger partial charge is 0.315 e. The van der Waals surface area contributed by atoms with Crippen LogP contribution in [0.5, 0.6) is 0 Å². The van der Waals surface area contributed by atoms with E-state index in [1.165, 1.54) is 12.1 Å². The van der Waals surface area contributed by atoms with Crippen LogP contribution in [-0.2, 0) is 6.54 Å². The molecule has 0 amide bonds. The van der Waals surface area contributed by atoms with Crippen molar-refractivity contribution in [3.8, 4) is 6.07 Å². The molecule has 90 valence electrons. The van der Waals surface area contributed by atoms with Gasteiger partial charge in [-0.2, -0.15) is 5.26 Å². The number of benzene rings is 1. The van der Waals surface area contributed by atoms with Gasteiger partial charge in [-0.3, -0.25) is 4.90 Å². The van der Waals surface area contributed by atoms with Gasteiger partial charge in [0.15, 0.2) is 0 Å². The molecule has 1 unspecified atom stereocenters. The van der Waals surface area contributed by atoms with Crippen molar-refractivity contribution >= 4 is 0 Å². The Morgan fingerprint density at radius 3 is 3.00 bits per heavy atom. The first-order chi connectivity index (χ1) is 8.19. The van der Waals surface area contributed by atoms with E-state index in [1.807, 2.05) is 13.1 Å². The lowest BCUT2D eigenvalue weighted by molar-refractivity contribution is 0.248. The maximum absolute atomic E-state index is 13.3. The van der Waals surface area contributed by atoms with E-state index in [0.717, 1.165) is 25.1 Å². The zero-order valence-electron chi connectivity index (χ0n) is 9.91. The lowest BCUT2D eigenvalue weighted by Gasteiger charge is -2.23. The Labute approximate surface area is 101 Å². The van der Waals surface area contributed by atoms with E-state index >= 15 is 0 Å². The molecular weight excluding hydrogens is 217 g/mol. The van der Waals surface area contributed by atoms with Crippen molar-refractivity contribution in [2.24, 2.45) is 0 Å². The summed E-state index contributed by atoms with van der Waals surface area (Å²) in [6.07, 6.45) is 1.12. The van der Waals surface area contributed by atoms with Crippen LogP contribution in [0.3, 0.4) is 0 Å². The van der Waals surface area contributed by atoms with Gasteiger partial charge in [0.1, 0.15) is 5.82 Å². The Morgan fingerprint density at radius 2 is 2.35 bits per heavy atom. The molecule has 1 atom stereocenters. The van der Waals surface area contributed by atoms with Gasteiger partial charge in [0, 0.05) is 19.1 Å². The number of nitrogens with one attached hydrogen (secondary N) is 1. The third kappa shape index (κ3) is 3.02. The molecular formula is C13H16FN3. The lowest BCUT2D eigenvalue weighted by atomic mass is 10.1. The lowest BCUT2D eigenvalue weighted by Crippen LogP contribution is -2.32. The number of rotatable bonds is 3. The van der Waals surface area contributed by atoms with Gasteiger partial charge in [0.05, 0.1) is 11.6 Å². The fourth-order valence-corrected chi connectivity index (χ4v) is 2.24. The average Bonchev–Trinajstić information content (AvgIpc) is 2.81. The van der Waals surface area contributed by atoms with Gasteiger partial charge in [-0.1, -0.05) is 0 Å². The standard InChI is InChI=1S/C13H16FN3/c1-17(13-2-3-16-8-13)9-11-4-10(7-15)5-12(14)6-11/h4-6,13,16H,2-3,8-9H2,1H3. The molecule has 1 aliphatic rings. The van der Waals surface area contributed by atoms with E-state index in [-0.39, 0.29) is 5.82 Å². The molecule has 0 saturated carbocycles. The fraction of sp³-hybridized carbons (Fsp3) is 0.462. The van der Waals surface area contributed by atoms with Crippen molar-refractivity contribution in [1.82, 2.24) is 10.2 Å². The van der Waals surface area contributed by atoms with Crippen LogP contribution in [0.4, 0.5) is 4.39 Å². The summed E-state index contributed by atoms with van der Waals surface area (Å²) in [5, 5.41) is 12.1. The molecule has 17 heavy (non-hydrogen) atoms. The third-order valence-corrected chi connectivity index (χ3v) is 3.18. The minimum absolute atomic E-state index is 0.336. The first-order valence-electron chi connectivity index (χ1n) is 5.79. The van der Waals surface area contributed by atoms with Crippen molar-refractivity contribution < 1.29 is 4.39 Å². The van der Waals surface area contributed by atoms with Gasteiger partial charge in [0.25, 0.3) is 0 Å². The Balaban J connectivity index is 2.07. The van der Waals surface area contributed by atoms with E-state index in [2.05, 4.69) is 10.2 Å². The van der Waals surface area contributed by atoms with Crippen molar-refractivity contribution in [2.75, 3.05) is 20.1 Å². The number of likely N-dealkylation sites (N-methyl/N-ethyl adjacent to an activating group) is 1. The van der Waals surface area contributed by atoms with E-state index in [0.29, 0.717) is 18.2 Å². The maximum Gasteiger partial charge on any atom is 0.124 e. The molecule has 1 aromatic rings. The van der Waals surface area contributed by atoms with Crippen LogP contribution in [0, 0.1) is 17.1 Å². The summed E-state index contributed by atoms with van der Waals surface area (Å²) in [5.74, 6) is -0.336. The van der Waals surface area contributed by atoms with E-state index < -0.39 is 0 Å². The van der Waals surface area contributed by atoms with Gasteiger partial charge in [-0.25, -0.2) is 4.39 Å². The molecule has 1 N–H and O–H groups in total. The second kappa shape index (κ2) is 5.26. The highest BCUT2D eigenvalue weighted by Gasteiger charge is 2.19. The minimum atomic E-state index is -0.336. The maximum atomic E-state index is 13.3. The Morgan fingerprint density at radius 1 is 1.53 bits per heavy atom. The molecule has 1 aliphatic heterocycles. The molecule has 0 radical (unpaired) electrons. The van der Waals surface area contributed by atoms with E-state index in [1.54, 1.807) is 6.07 Å². The number of nitriles is 1. The topological polar surface area (TPSA) is 39.1 Å². The smallest absolute Gasteiger partial charge is 0.124 e. The Hall–Kier alpha value is -1.44. The molecule has 0 aromatic heterocycles. The van der Waals surface area contributed by atoms with Gasteiger partial charge in [-0.15, -0.1) is 0 Å². The van der Waals surface area contributed by atoms with Crippen LogP contribution in [-0.4, -0.2) is 31.1 Å². The van der Waals surface area contributed by atoms with Crippen LogP contribution in [0.2, 0.25) is 0 Å². The predicted octanol–water partition coefficient (Wildman–Crippen LogP) is 1.49. The summed E-state index contributed by atoms with van der Waals surface area (Å²) in [7, 11) is 2.04. The second-order valence-electron chi connectivity index (χ2n) is 4.52. The first-order valence-corrected chi connectivity index (χ1v) is 5.79. The highest BCUT2D eigenvalue weighted by molar-refractivity contribution is 5.33. The van der Waals surface area contributed by atoms with Crippen LogP contribution in [0.1, 0.15) is 17.5 Å². The van der Waals surface area contributed by atoms with Crippen molar-refractivity contribution in [1.29, 1.82) is 5.26 Å². The van der Waals surface area contributed by atoms with Crippen molar-refractivity contribution in [3.63, 3.8) is 0 Å². The predicted molar refractivity (Wildman–Crippen MR) is 63.9 cm³/mol. The molecule has 1 aromatic carbocycles. The minimum Gasteiger partial charge on any atom is -0.315 e. The highest BCUT2D eigenvalue weighted by Crippen LogP contribution is 2.14. The average molecular weight is 233 g/mol. The second-order valence-corrected chi connectivity index (χ2v) is 4.52. The third-order valence-electron chi connectivity index (χ3n) is 3.18. The number of nitrogens with zero attached hydrogens (tertiary/aromatic N) is 2. The fourth-order valence-electron chi connectivity index (χ4n) is 2.24. The summed E-state index contributed by atoms with van der Waals surface area (Å²) < 4.78 is 13.3. The Kier molecular flexibility index (Phi) is 3.72. The summed E-state index contributed by atoms with van der Waals surface area (Å²) in [6, 6.07) is 7.00. The normalized spacial score (nSPS) is 19.5. The van der Waals surface area contributed by atoms with Crippen LogP contribution >= 0.6 is 0 Å². The SMILES string of the molecule is CN(Cc1cc(F)cc(C#N)c1)C1CCNC1. The Bertz CT molecular complexity index is 433. The molecule has 4 heteroatoms. The molecule has 0 spiro atoms. The summed E-state index contributed by atoms with van der Waals surface area (Å²) in [6.45, 7) is 2.71. The number of hydrogen-bond acceptors (Lipinski definition) is 3. The molecule has 3 nitrogen and oxygen atoms in total. The summed E-state index contributed by atoms with van der Waals surface area (Å²) in [5.41, 5.74) is 1.24. The van der Waals surface area contributed by atoms with Crippen molar-refractivity contribution in [3.05, 3.63) is 35.1 Å². The van der Waals surface area contributed by atoms with E-state index in [4.69, 9.17) is 5.26 Å². The molecule has 2 rings (SSSR count). The van der Waals surface area contributed by atoms with Gasteiger partial charge >= 0.3 is 0 Å². The number of hydrogen-bond donors (Lipinski definition) is 1. The molecule has 0 aliphatic carbocycles. The van der Waals surface area contributed by atoms with Crippen molar-refractivity contribution in [2.45, 2.75) is 19.0 Å². The molecule has 1 fully saturated rings. The van der Waals surface area contributed by atoms with Crippen LogP contribution in [0.25, 0.3) is 0 Å². The van der Waals surface area contributed by atoms with Crippen LogP contribution < -0.4 is 5.32 Å². The highest BCUT2D eigenvalue weighted by atomic mass is 19.1. The van der Waals surface area contributed by atoms with Gasteiger partial charge in [-0.05, 0) is 43.8 Å². The molecule has 1 saturated heterocycles. The summed E-state index contributed by atoms with van der Waals surface area (Å²) in [4.78, 5) is 2.20. The van der Waals surface area contributed by atoms with Gasteiger partial charge in [0.2, 0.25) is 0 Å². The molecule has 1 heterocycles. The quantitative estimate of drug-likeness (QED) is 0.859. The zero-order valence-corrected chi connectivity index (χ0v) is 9.91. The summed E-state index contributed by atoms with van der Waals surface area (Å²) >= 11 is 0. The van der Waals surface area contributed by atoms with E-state index in [9.17, 15) is 4.39 Å². The van der Waals surface area contributed by atoms with Crippen LogP contribution in [0.15, 0.2) is 18.2 Å². The number of halogens is 1. The first kappa shape index (κ1) is 12.0. The molecule has 0 bridgehead atoms. The monoisotopic (exact) mass is 233 g/mol.